The molecule has 1 N–H and O–H groups in total. The number of methoxy groups -OCH3 is 1. The molecule has 1 saturated heterocycles. The zero-order chi connectivity index (χ0) is 13.2. The number of nitrogens with one attached hydrogen (secondary N) is 1. The van der Waals surface area contributed by atoms with Crippen LogP contribution in [-0.2, 0) is 4.74 Å². The summed E-state index contributed by atoms with van der Waals surface area (Å²) in [7, 11) is 1.78. The average molecular weight is 253 g/mol. The number of rotatable bonds is 8. The predicted molar refractivity (Wildman–Crippen MR) is 73.4 cm³/mol. The smallest absolute Gasteiger partial charge is 0.0965 e. The zero-order valence-electron chi connectivity index (χ0n) is 11.8. The van der Waals surface area contributed by atoms with E-state index in [1.807, 2.05) is 0 Å². The van der Waals surface area contributed by atoms with Gasteiger partial charge >= 0.3 is 0 Å². The SMILES string of the molecule is CCCNC(C#N)CCN1CCCC(COC)C1. The second-order valence-electron chi connectivity index (χ2n) is 5.19. The van der Waals surface area contributed by atoms with E-state index in [4.69, 9.17) is 10.00 Å². The first-order valence-electron chi connectivity index (χ1n) is 7.14. The molecule has 104 valence electrons. The average Bonchev–Trinajstić information content (AvgIpc) is 2.40. The van der Waals surface area contributed by atoms with Gasteiger partial charge in [-0.1, -0.05) is 6.92 Å². The normalized spacial score (nSPS) is 22.6. The highest BCUT2D eigenvalue weighted by Gasteiger charge is 2.20. The molecular weight excluding hydrogens is 226 g/mol. The number of piperidine rings is 1. The minimum absolute atomic E-state index is 0.00718. The summed E-state index contributed by atoms with van der Waals surface area (Å²) in [5, 5.41) is 12.3. The van der Waals surface area contributed by atoms with Gasteiger partial charge in [-0.15, -0.1) is 0 Å². The van der Waals surface area contributed by atoms with Gasteiger partial charge in [-0.05, 0) is 44.7 Å². The highest BCUT2D eigenvalue weighted by molar-refractivity contribution is 4.90. The number of nitrogens with zero attached hydrogens (tertiary/aromatic N) is 2. The van der Waals surface area contributed by atoms with Crippen molar-refractivity contribution in [1.29, 1.82) is 5.26 Å². The van der Waals surface area contributed by atoms with Gasteiger partial charge in [0.1, 0.15) is 0 Å². The van der Waals surface area contributed by atoms with Crippen molar-refractivity contribution >= 4 is 0 Å². The summed E-state index contributed by atoms with van der Waals surface area (Å²) in [5.74, 6) is 0.674. The van der Waals surface area contributed by atoms with Crippen molar-refractivity contribution in [3.63, 3.8) is 0 Å². The molecule has 1 fully saturated rings. The van der Waals surface area contributed by atoms with Crippen LogP contribution >= 0.6 is 0 Å². The Balaban J connectivity index is 2.22. The van der Waals surface area contributed by atoms with E-state index in [-0.39, 0.29) is 6.04 Å². The van der Waals surface area contributed by atoms with Gasteiger partial charge in [0.15, 0.2) is 0 Å². The summed E-state index contributed by atoms with van der Waals surface area (Å²) < 4.78 is 5.24. The van der Waals surface area contributed by atoms with Crippen molar-refractivity contribution in [3.8, 4) is 6.07 Å². The zero-order valence-corrected chi connectivity index (χ0v) is 11.8. The second kappa shape index (κ2) is 9.32. The van der Waals surface area contributed by atoms with Gasteiger partial charge in [0.05, 0.1) is 18.7 Å². The number of hydrogen-bond donors (Lipinski definition) is 1. The fourth-order valence-electron chi connectivity index (χ4n) is 2.57. The minimum atomic E-state index is 0.00718. The van der Waals surface area contributed by atoms with Crippen LogP contribution in [0, 0.1) is 17.2 Å². The van der Waals surface area contributed by atoms with E-state index in [2.05, 4.69) is 23.2 Å². The summed E-state index contributed by atoms with van der Waals surface area (Å²) >= 11 is 0. The predicted octanol–water partition coefficient (Wildman–Crippen LogP) is 1.63. The van der Waals surface area contributed by atoms with Crippen molar-refractivity contribution in [1.82, 2.24) is 10.2 Å². The van der Waals surface area contributed by atoms with Crippen molar-refractivity contribution < 1.29 is 4.74 Å². The molecule has 18 heavy (non-hydrogen) atoms. The summed E-state index contributed by atoms with van der Waals surface area (Å²) in [6, 6.07) is 2.36. The molecule has 0 saturated carbocycles. The number of ether oxygens (including phenoxy) is 1. The lowest BCUT2D eigenvalue weighted by molar-refractivity contribution is 0.0894. The molecule has 0 spiro atoms. The Morgan fingerprint density at radius 2 is 2.39 bits per heavy atom. The van der Waals surface area contributed by atoms with Crippen LogP contribution in [-0.4, -0.2) is 50.8 Å². The Kier molecular flexibility index (Phi) is 7.99. The van der Waals surface area contributed by atoms with E-state index < -0.39 is 0 Å². The molecule has 0 bridgehead atoms. The van der Waals surface area contributed by atoms with Gasteiger partial charge < -0.3 is 15.0 Å². The number of likely N-dealkylation sites (tertiary alicyclic amines) is 1. The second-order valence-corrected chi connectivity index (χ2v) is 5.19. The molecule has 0 aromatic heterocycles. The van der Waals surface area contributed by atoms with Crippen molar-refractivity contribution in [2.45, 2.75) is 38.6 Å². The molecule has 1 rings (SSSR count). The molecular formula is C14H27N3O. The minimum Gasteiger partial charge on any atom is -0.384 e. The molecule has 1 heterocycles. The standard InChI is InChI=1S/C14H27N3O/c1-3-7-16-14(10-15)6-9-17-8-4-5-13(11-17)12-18-2/h13-14,16H,3-9,11-12H2,1-2H3. The van der Waals surface area contributed by atoms with Crippen LogP contribution in [0.4, 0.5) is 0 Å². The Morgan fingerprint density at radius 3 is 3.06 bits per heavy atom. The van der Waals surface area contributed by atoms with E-state index in [0.29, 0.717) is 5.92 Å². The number of hydrogen-bond acceptors (Lipinski definition) is 4. The van der Waals surface area contributed by atoms with Crippen LogP contribution in [0.3, 0.4) is 0 Å². The van der Waals surface area contributed by atoms with E-state index in [1.54, 1.807) is 7.11 Å². The van der Waals surface area contributed by atoms with Crippen LogP contribution in [0.1, 0.15) is 32.6 Å². The van der Waals surface area contributed by atoms with E-state index in [1.165, 1.54) is 19.4 Å². The summed E-state index contributed by atoms with van der Waals surface area (Å²) in [5.41, 5.74) is 0. The molecule has 1 aliphatic rings. The fourth-order valence-corrected chi connectivity index (χ4v) is 2.57. The van der Waals surface area contributed by atoms with Crippen LogP contribution in [0.25, 0.3) is 0 Å². The maximum absolute atomic E-state index is 9.07. The molecule has 0 aliphatic carbocycles. The lowest BCUT2D eigenvalue weighted by Gasteiger charge is -2.32. The van der Waals surface area contributed by atoms with E-state index in [0.717, 1.165) is 39.1 Å². The first-order chi connectivity index (χ1) is 8.80. The van der Waals surface area contributed by atoms with Crippen LogP contribution < -0.4 is 5.32 Å². The Hall–Kier alpha value is -0.630. The van der Waals surface area contributed by atoms with Crippen molar-refractivity contribution in [2.24, 2.45) is 5.92 Å². The molecule has 4 nitrogen and oxygen atoms in total. The van der Waals surface area contributed by atoms with Gasteiger partial charge in [0, 0.05) is 20.2 Å². The highest BCUT2D eigenvalue weighted by Crippen LogP contribution is 2.16. The van der Waals surface area contributed by atoms with Gasteiger partial charge in [-0.2, -0.15) is 5.26 Å². The molecule has 0 aromatic rings. The van der Waals surface area contributed by atoms with Crippen LogP contribution in [0.5, 0.6) is 0 Å². The van der Waals surface area contributed by atoms with Crippen molar-refractivity contribution in [2.75, 3.05) is 39.9 Å². The third-order valence-corrected chi connectivity index (χ3v) is 3.54. The lowest BCUT2D eigenvalue weighted by atomic mass is 9.98. The van der Waals surface area contributed by atoms with Crippen LogP contribution in [0.15, 0.2) is 0 Å². The number of nitriles is 1. The Labute approximate surface area is 111 Å². The highest BCUT2D eigenvalue weighted by atomic mass is 16.5. The maximum atomic E-state index is 9.07. The quantitative estimate of drug-likeness (QED) is 0.714. The Morgan fingerprint density at radius 1 is 1.56 bits per heavy atom. The molecule has 0 radical (unpaired) electrons. The van der Waals surface area contributed by atoms with Crippen LogP contribution in [0.2, 0.25) is 0 Å². The monoisotopic (exact) mass is 253 g/mol. The third kappa shape index (κ3) is 5.81. The van der Waals surface area contributed by atoms with Crippen molar-refractivity contribution in [3.05, 3.63) is 0 Å². The molecule has 0 amide bonds. The summed E-state index contributed by atoms with van der Waals surface area (Å²) in [6.45, 7) is 7.25. The fraction of sp³-hybridized carbons (Fsp3) is 0.929. The van der Waals surface area contributed by atoms with E-state index in [9.17, 15) is 0 Å². The van der Waals surface area contributed by atoms with Gasteiger partial charge in [0.2, 0.25) is 0 Å². The Bertz CT molecular complexity index is 250. The first-order valence-corrected chi connectivity index (χ1v) is 7.14. The molecule has 0 aromatic carbocycles. The van der Waals surface area contributed by atoms with Gasteiger partial charge in [-0.3, -0.25) is 0 Å². The van der Waals surface area contributed by atoms with E-state index >= 15 is 0 Å². The van der Waals surface area contributed by atoms with Gasteiger partial charge in [0.25, 0.3) is 0 Å². The topological polar surface area (TPSA) is 48.3 Å². The van der Waals surface area contributed by atoms with Gasteiger partial charge in [-0.25, -0.2) is 0 Å². The molecule has 2 unspecified atom stereocenters. The lowest BCUT2D eigenvalue weighted by Crippen LogP contribution is -2.40. The molecule has 1 aliphatic heterocycles. The first kappa shape index (κ1) is 15.4. The molecule has 2 atom stereocenters. The summed E-state index contributed by atoms with van der Waals surface area (Å²) in [6.07, 6.45) is 4.54. The third-order valence-electron chi connectivity index (χ3n) is 3.54. The summed E-state index contributed by atoms with van der Waals surface area (Å²) in [4.78, 5) is 2.48. The maximum Gasteiger partial charge on any atom is 0.0965 e. The molecule has 4 heteroatoms. The largest absolute Gasteiger partial charge is 0.384 e.